The van der Waals surface area contributed by atoms with Crippen LogP contribution in [0.3, 0.4) is 0 Å². The van der Waals surface area contributed by atoms with Crippen LogP contribution in [0, 0.1) is 5.82 Å². The maximum atomic E-state index is 14.3. The molecule has 8 nitrogen and oxygen atoms in total. The molecule has 0 saturated carbocycles. The van der Waals surface area contributed by atoms with Crippen LogP contribution in [-0.2, 0) is 4.74 Å². The summed E-state index contributed by atoms with van der Waals surface area (Å²) in [6.45, 7) is -0.0324. The Morgan fingerprint density at radius 1 is 1.29 bits per heavy atom. The van der Waals surface area contributed by atoms with Crippen LogP contribution in [0.2, 0.25) is 0 Å². The van der Waals surface area contributed by atoms with Gasteiger partial charge in [-0.1, -0.05) is 6.92 Å². The van der Waals surface area contributed by atoms with Crippen LogP contribution in [0.4, 0.5) is 27.6 Å². The Balaban J connectivity index is 2.26. The largest absolute Gasteiger partial charge is 0.452 e. The van der Waals surface area contributed by atoms with E-state index in [4.69, 9.17) is 5.73 Å². The number of amides is 1. The zero-order valence-electron chi connectivity index (χ0n) is 16.3. The quantitative estimate of drug-likeness (QED) is 0.383. The first-order chi connectivity index (χ1) is 14.6. The molecule has 1 heterocycles. The van der Waals surface area contributed by atoms with Gasteiger partial charge < -0.3 is 20.5 Å². The number of carbonyl (C=O) groups is 1. The van der Waals surface area contributed by atoms with Crippen LogP contribution < -0.4 is 15.8 Å². The second-order valence-electron chi connectivity index (χ2n) is 6.11. The number of nitrogens with two attached hydrogens (primary N) is 1. The molecule has 0 saturated heterocycles. The van der Waals surface area contributed by atoms with Crippen LogP contribution in [0.15, 0.2) is 35.6 Å². The topological polar surface area (TPSA) is 112 Å². The molecule has 0 aliphatic rings. The van der Waals surface area contributed by atoms with E-state index in [1.165, 1.54) is 0 Å². The summed E-state index contributed by atoms with van der Waals surface area (Å²) in [6.07, 6.45) is -5.34. The van der Waals surface area contributed by atoms with Crippen molar-refractivity contribution in [2.75, 3.05) is 19.2 Å². The van der Waals surface area contributed by atoms with E-state index in [1.807, 2.05) is 0 Å². The van der Waals surface area contributed by atoms with E-state index in [1.54, 1.807) is 0 Å². The van der Waals surface area contributed by atoms with Crippen molar-refractivity contribution < 1.29 is 36.2 Å². The first-order valence-corrected chi connectivity index (χ1v) is 8.64. The molecule has 0 unspecified atom stereocenters. The van der Waals surface area contributed by atoms with Gasteiger partial charge in [0.25, 0.3) is 11.9 Å². The third kappa shape index (κ3) is 6.23. The lowest BCUT2D eigenvalue weighted by atomic mass is 9.93. The second kappa shape index (κ2) is 10.00. The number of amidine groups is 1. The van der Waals surface area contributed by atoms with Crippen LogP contribution in [0.25, 0.3) is 0 Å². The van der Waals surface area contributed by atoms with E-state index in [-0.39, 0.29) is 22.8 Å². The molecule has 13 heteroatoms. The normalized spacial score (nSPS) is 14.0. The van der Waals surface area contributed by atoms with E-state index in [0.29, 0.717) is 0 Å². The van der Waals surface area contributed by atoms with Crippen LogP contribution in [-0.4, -0.2) is 48.1 Å². The first-order valence-electron chi connectivity index (χ1n) is 8.64. The van der Waals surface area contributed by atoms with E-state index < -0.39 is 42.8 Å². The van der Waals surface area contributed by atoms with Crippen molar-refractivity contribution in [3.05, 3.63) is 47.7 Å². The van der Waals surface area contributed by atoms with E-state index in [9.17, 15) is 26.7 Å². The molecule has 0 aliphatic heterocycles. The zero-order chi connectivity index (χ0) is 23.2. The van der Waals surface area contributed by atoms with Gasteiger partial charge in [-0.05, 0) is 23.8 Å². The second-order valence-corrected chi connectivity index (χ2v) is 6.11. The fourth-order valence-electron chi connectivity index (χ4n) is 2.53. The van der Waals surface area contributed by atoms with Crippen LogP contribution in [0.5, 0.6) is 5.88 Å². The van der Waals surface area contributed by atoms with Gasteiger partial charge in [-0.2, -0.15) is 13.2 Å². The molecule has 0 fully saturated rings. The summed E-state index contributed by atoms with van der Waals surface area (Å²) in [6, 6.07) is 2.38. The van der Waals surface area contributed by atoms with Crippen molar-refractivity contribution in [2.45, 2.75) is 25.1 Å². The lowest BCUT2D eigenvalue weighted by Crippen LogP contribution is -2.40. The Morgan fingerprint density at radius 2 is 2.00 bits per heavy atom. The number of hydrogen-bond acceptors (Lipinski definition) is 6. The maximum absolute atomic E-state index is 14.3. The van der Waals surface area contributed by atoms with Gasteiger partial charge in [0, 0.05) is 18.7 Å². The number of rotatable bonds is 7. The summed E-state index contributed by atoms with van der Waals surface area (Å²) in [5, 5.41) is 2.37. The summed E-state index contributed by atoms with van der Waals surface area (Å²) in [5.74, 6) is -3.41. The van der Waals surface area contributed by atoms with Gasteiger partial charge in [0.2, 0.25) is 18.8 Å². The van der Waals surface area contributed by atoms with Gasteiger partial charge in [-0.25, -0.2) is 23.7 Å². The molecule has 0 bridgehead atoms. The number of nitrogens with zero attached hydrogens (tertiary/aromatic N) is 3. The number of anilines is 1. The number of carbonyl (C=O) groups excluding carboxylic acids is 1. The highest BCUT2D eigenvalue weighted by molar-refractivity contribution is 6.02. The number of alkyl halides is 4. The van der Waals surface area contributed by atoms with Gasteiger partial charge in [0.1, 0.15) is 11.5 Å². The predicted molar refractivity (Wildman–Crippen MR) is 99.9 cm³/mol. The number of hydrogen-bond donors (Lipinski definition) is 2. The highest BCUT2D eigenvalue weighted by Gasteiger charge is 2.47. The molecule has 2 atom stereocenters. The number of halogens is 5. The van der Waals surface area contributed by atoms with Crippen molar-refractivity contribution in [1.82, 2.24) is 9.97 Å². The summed E-state index contributed by atoms with van der Waals surface area (Å²) in [7, 11) is 1.14. The van der Waals surface area contributed by atoms with E-state index >= 15 is 0 Å². The molecule has 0 radical (unpaired) electrons. The van der Waals surface area contributed by atoms with Gasteiger partial charge >= 0.3 is 6.18 Å². The number of aliphatic imine (C=N–C) groups is 1. The van der Waals surface area contributed by atoms with Crippen LogP contribution in [0.1, 0.15) is 28.9 Å². The zero-order valence-corrected chi connectivity index (χ0v) is 16.3. The Bertz CT molecular complexity index is 937. The molecule has 168 valence electrons. The molecule has 1 amide bonds. The smallest absolute Gasteiger partial charge is 0.426 e. The molecular formula is C18H18F5N5O3. The highest BCUT2D eigenvalue weighted by Crippen LogP contribution is 2.36. The fraction of sp³-hybridized carbons (Fsp3) is 0.333. The molecule has 0 aliphatic carbocycles. The lowest BCUT2D eigenvalue weighted by Gasteiger charge is -2.27. The number of benzene rings is 1. The minimum absolute atomic E-state index is 0.00260. The molecule has 3 N–H and O–H groups in total. The van der Waals surface area contributed by atoms with Crippen molar-refractivity contribution in [3.8, 4) is 5.88 Å². The Morgan fingerprint density at radius 3 is 2.55 bits per heavy atom. The Kier molecular flexibility index (Phi) is 7.67. The molecule has 0 spiro atoms. The third-order valence-electron chi connectivity index (χ3n) is 4.05. The number of aromatic nitrogens is 2. The summed E-state index contributed by atoms with van der Waals surface area (Å²) < 4.78 is 75.8. The summed E-state index contributed by atoms with van der Waals surface area (Å²) in [4.78, 5) is 23.0. The van der Waals surface area contributed by atoms with E-state index in [0.717, 1.165) is 44.6 Å². The Hall–Kier alpha value is -3.51. The average molecular weight is 447 g/mol. The molecule has 31 heavy (non-hydrogen) atoms. The van der Waals surface area contributed by atoms with Crippen molar-refractivity contribution in [2.24, 2.45) is 10.7 Å². The minimum Gasteiger partial charge on any atom is -0.452 e. The first kappa shape index (κ1) is 23.8. The molecule has 2 rings (SSSR count). The Labute approximate surface area is 173 Å². The minimum atomic E-state index is -4.88. The van der Waals surface area contributed by atoms with Crippen molar-refractivity contribution in [3.63, 3.8) is 0 Å². The third-order valence-corrected chi connectivity index (χ3v) is 4.05. The molecular weight excluding hydrogens is 429 g/mol. The summed E-state index contributed by atoms with van der Waals surface area (Å²) in [5.41, 5.74) is 4.69. The van der Waals surface area contributed by atoms with Gasteiger partial charge in [0.05, 0.1) is 12.4 Å². The van der Waals surface area contributed by atoms with Crippen molar-refractivity contribution >= 4 is 17.6 Å². The van der Waals surface area contributed by atoms with E-state index in [2.05, 4.69) is 29.8 Å². The monoisotopic (exact) mass is 447 g/mol. The highest BCUT2D eigenvalue weighted by atomic mass is 19.4. The fourth-order valence-corrected chi connectivity index (χ4v) is 2.53. The summed E-state index contributed by atoms with van der Waals surface area (Å²) >= 11 is 0. The van der Waals surface area contributed by atoms with Gasteiger partial charge in [-0.3, -0.25) is 4.79 Å². The van der Waals surface area contributed by atoms with Gasteiger partial charge in [0.15, 0.2) is 0 Å². The molecule has 1 aromatic heterocycles. The average Bonchev–Trinajstić information content (AvgIpc) is 2.72. The SMILES string of the molecule is CN=C(N)O[C@@H]([C@H](C)c1cc(NC(=O)c2cnc(OCF)cn2)ccc1F)C(F)(F)F. The van der Waals surface area contributed by atoms with Gasteiger partial charge in [-0.15, -0.1) is 0 Å². The standard InChI is InChI=1S/C18H18F5N5O3/c1-9(15(18(21,22)23)31-17(24)25-2)11-5-10(3-4-12(11)20)28-16(29)13-6-27-14(7-26-13)30-8-19/h3-7,9,15H,8H2,1-2H3,(H2,24,25)(H,28,29)/t9-,15+/m1/s1. The predicted octanol–water partition coefficient (Wildman–Crippen LogP) is 3.17. The number of ether oxygens (including phenoxy) is 2. The molecule has 1 aromatic carbocycles. The molecule has 2 aromatic rings. The van der Waals surface area contributed by atoms with Crippen molar-refractivity contribution in [1.29, 1.82) is 0 Å². The number of nitrogens with one attached hydrogen (secondary N) is 1. The lowest BCUT2D eigenvalue weighted by molar-refractivity contribution is -0.204. The maximum Gasteiger partial charge on any atom is 0.426 e. The van der Waals surface area contributed by atoms with Crippen LogP contribution >= 0.6 is 0 Å².